The Bertz CT molecular complexity index is 1290. The van der Waals surface area contributed by atoms with E-state index >= 15 is 0 Å². The molecule has 7 heteroatoms. The molecule has 0 atom stereocenters. The molecule has 4 aromatic rings. The summed E-state index contributed by atoms with van der Waals surface area (Å²) in [6, 6.07) is 22.2. The van der Waals surface area contributed by atoms with Crippen LogP contribution in [0.4, 0.5) is 11.6 Å². The quantitative estimate of drug-likeness (QED) is 0.518. The number of halogens is 1. The molecule has 2 aromatic heterocycles. The van der Waals surface area contributed by atoms with Crippen molar-refractivity contribution in [2.45, 2.75) is 0 Å². The average Bonchev–Trinajstić information content (AvgIpc) is 3.10. The SMILES string of the molecule is O=C1Nc2ccccc2/C1=N/c1nc(-c2ccc(Cl)cc2)cc(-c2ccccn2)n1. The van der Waals surface area contributed by atoms with Crippen LogP contribution in [0.5, 0.6) is 0 Å². The second kappa shape index (κ2) is 7.50. The highest BCUT2D eigenvalue weighted by Crippen LogP contribution is 2.28. The van der Waals surface area contributed by atoms with Gasteiger partial charge in [0.25, 0.3) is 11.9 Å². The summed E-state index contributed by atoms with van der Waals surface area (Å²) in [5.41, 5.74) is 4.55. The molecule has 0 aliphatic carbocycles. The number of aliphatic imine (C=N–C) groups is 1. The number of carbonyl (C=O) groups excluding carboxylic acids is 1. The van der Waals surface area contributed by atoms with Crippen LogP contribution in [0.15, 0.2) is 84.0 Å². The van der Waals surface area contributed by atoms with Crippen LogP contribution in [0.1, 0.15) is 5.56 Å². The van der Waals surface area contributed by atoms with Crippen molar-refractivity contribution in [2.75, 3.05) is 5.32 Å². The van der Waals surface area contributed by atoms with E-state index in [1.807, 2.05) is 60.7 Å². The summed E-state index contributed by atoms with van der Waals surface area (Å²) < 4.78 is 0. The predicted octanol–water partition coefficient (Wildman–Crippen LogP) is 4.93. The van der Waals surface area contributed by atoms with Gasteiger partial charge in [-0.05, 0) is 36.4 Å². The molecule has 1 N–H and O–H groups in total. The topological polar surface area (TPSA) is 80.1 Å². The number of aromatic nitrogens is 3. The second-order valence-corrected chi connectivity index (χ2v) is 7.06. The van der Waals surface area contributed by atoms with E-state index in [2.05, 4.69) is 25.3 Å². The van der Waals surface area contributed by atoms with E-state index in [-0.39, 0.29) is 17.6 Å². The van der Waals surface area contributed by atoms with E-state index in [9.17, 15) is 4.79 Å². The van der Waals surface area contributed by atoms with Gasteiger partial charge in [0.1, 0.15) is 5.71 Å². The molecule has 0 saturated heterocycles. The standard InChI is InChI=1S/C23H14ClN5O/c24-15-10-8-14(9-11-15)19-13-20(18-7-3-4-12-25-18)28-23(27-19)29-21-16-5-1-2-6-17(16)26-22(21)30/h1-13H,(H,26,27,28,29,30). The highest BCUT2D eigenvalue weighted by Gasteiger charge is 2.26. The van der Waals surface area contributed by atoms with Gasteiger partial charge in [0, 0.05) is 22.3 Å². The lowest BCUT2D eigenvalue weighted by atomic mass is 10.1. The molecule has 0 fully saturated rings. The third-order valence-electron chi connectivity index (χ3n) is 4.64. The Morgan fingerprint density at radius 2 is 1.60 bits per heavy atom. The van der Waals surface area contributed by atoms with Gasteiger partial charge in [-0.25, -0.2) is 15.0 Å². The van der Waals surface area contributed by atoms with Crippen LogP contribution in [-0.4, -0.2) is 26.6 Å². The molecule has 1 amide bonds. The van der Waals surface area contributed by atoms with E-state index in [0.29, 0.717) is 22.1 Å². The second-order valence-electron chi connectivity index (χ2n) is 6.62. The molecule has 0 spiro atoms. The number of para-hydroxylation sites is 1. The lowest BCUT2D eigenvalue weighted by molar-refractivity contribution is -0.110. The molecule has 5 rings (SSSR count). The van der Waals surface area contributed by atoms with Gasteiger partial charge >= 0.3 is 0 Å². The molecular formula is C23H14ClN5O. The maximum atomic E-state index is 12.5. The van der Waals surface area contributed by atoms with Gasteiger partial charge in [0.05, 0.1) is 22.8 Å². The van der Waals surface area contributed by atoms with Gasteiger partial charge in [-0.1, -0.05) is 48.0 Å². The number of benzene rings is 2. The van der Waals surface area contributed by atoms with Crippen molar-refractivity contribution in [3.63, 3.8) is 0 Å². The fourth-order valence-corrected chi connectivity index (χ4v) is 3.34. The van der Waals surface area contributed by atoms with Crippen LogP contribution in [-0.2, 0) is 4.79 Å². The van der Waals surface area contributed by atoms with Crippen molar-refractivity contribution < 1.29 is 4.79 Å². The Morgan fingerprint density at radius 3 is 2.40 bits per heavy atom. The zero-order valence-electron chi connectivity index (χ0n) is 15.6. The molecule has 0 saturated carbocycles. The number of amides is 1. The first-order valence-electron chi connectivity index (χ1n) is 9.23. The number of anilines is 1. The molecule has 2 aromatic carbocycles. The fraction of sp³-hybridized carbons (Fsp3) is 0. The number of carbonyl (C=O) groups is 1. The summed E-state index contributed by atoms with van der Waals surface area (Å²) in [5, 5.41) is 3.45. The summed E-state index contributed by atoms with van der Waals surface area (Å²) in [6.45, 7) is 0. The molecule has 144 valence electrons. The highest BCUT2D eigenvalue weighted by molar-refractivity contribution is 6.54. The van der Waals surface area contributed by atoms with Crippen LogP contribution >= 0.6 is 11.6 Å². The normalized spacial score (nSPS) is 13.9. The van der Waals surface area contributed by atoms with Crippen LogP contribution in [0, 0.1) is 0 Å². The van der Waals surface area contributed by atoms with E-state index in [1.54, 1.807) is 18.3 Å². The van der Waals surface area contributed by atoms with E-state index in [4.69, 9.17) is 11.6 Å². The highest BCUT2D eigenvalue weighted by atomic mass is 35.5. The molecule has 0 unspecified atom stereocenters. The molecule has 1 aliphatic rings. The first-order valence-corrected chi connectivity index (χ1v) is 9.61. The van der Waals surface area contributed by atoms with Crippen molar-refractivity contribution in [1.29, 1.82) is 0 Å². The first kappa shape index (κ1) is 18.1. The average molecular weight is 412 g/mol. The van der Waals surface area contributed by atoms with Crippen molar-refractivity contribution in [2.24, 2.45) is 4.99 Å². The minimum Gasteiger partial charge on any atom is -0.320 e. The summed E-state index contributed by atoms with van der Waals surface area (Å²) in [7, 11) is 0. The summed E-state index contributed by atoms with van der Waals surface area (Å²) in [4.78, 5) is 30.5. The summed E-state index contributed by atoms with van der Waals surface area (Å²) in [5.74, 6) is -0.0963. The lowest BCUT2D eigenvalue weighted by Gasteiger charge is -2.07. The molecule has 0 bridgehead atoms. The minimum atomic E-state index is -0.281. The summed E-state index contributed by atoms with van der Waals surface area (Å²) in [6.07, 6.45) is 1.70. The maximum absolute atomic E-state index is 12.5. The zero-order valence-corrected chi connectivity index (χ0v) is 16.3. The first-order chi connectivity index (χ1) is 14.7. The van der Waals surface area contributed by atoms with Crippen LogP contribution in [0.25, 0.3) is 22.6 Å². The number of pyridine rings is 1. The molecule has 30 heavy (non-hydrogen) atoms. The van der Waals surface area contributed by atoms with Gasteiger partial charge in [-0.3, -0.25) is 9.78 Å². The van der Waals surface area contributed by atoms with Crippen LogP contribution in [0.3, 0.4) is 0 Å². The maximum Gasteiger partial charge on any atom is 0.275 e. The van der Waals surface area contributed by atoms with E-state index in [0.717, 1.165) is 16.8 Å². The van der Waals surface area contributed by atoms with E-state index in [1.165, 1.54) is 0 Å². The van der Waals surface area contributed by atoms with Crippen molar-refractivity contribution >= 4 is 34.9 Å². The van der Waals surface area contributed by atoms with Gasteiger partial charge in [0.15, 0.2) is 0 Å². The van der Waals surface area contributed by atoms with Crippen LogP contribution < -0.4 is 5.32 Å². The molecule has 6 nitrogen and oxygen atoms in total. The molecular weight excluding hydrogens is 398 g/mol. The molecule has 1 aliphatic heterocycles. The predicted molar refractivity (Wildman–Crippen MR) is 117 cm³/mol. The Kier molecular flexibility index (Phi) is 4.53. The fourth-order valence-electron chi connectivity index (χ4n) is 3.21. The van der Waals surface area contributed by atoms with Crippen molar-refractivity contribution in [3.8, 4) is 22.6 Å². The van der Waals surface area contributed by atoms with Gasteiger partial charge in [-0.15, -0.1) is 0 Å². The van der Waals surface area contributed by atoms with Gasteiger partial charge < -0.3 is 5.32 Å². The number of rotatable bonds is 3. The lowest BCUT2D eigenvalue weighted by Crippen LogP contribution is -2.14. The number of hydrogen-bond donors (Lipinski definition) is 1. The zero-order chi connectivity index (χ0) is 20.5. The van der Waals surface area contributed by atoms with Crippen LogP contribution in [0.2, 0.25) is 5.02 Å². The van der Waals surface area contributed by atoms with Gasteiger partial charge in [0.2, 0.25) is 0 Å². The van der Waals surface area contributed by atoms with Crippen molar-refractivity contribution in [3.05, 3.63) is 89.6 Å². The summed E-state index contributed by atoms with van der Waals surface area (Å²) >= 11 is 6.03. The Morgan fingerprint density at radius 1 is 0.833 bits per heavy atom. The number of nitrogens with one attached hydrogen (secondary N) is 1. The molecule has 0 radical (unpaired) electrons. The largest absolute Gasteiger partial charge is 0.320 e. The van der Waals surface area contributed by atoms with Gasteiger partial charge in [-0.2, -0.15) is 0 Å². The number of hydrogen-bond acceptors (Lipinski definition) is 5. The smallest absolute Gasteiger partial charge is 0.275 e. The monoisotopic (exact) mass is 411 g/mol. The number of fused-ring (bicyclic) bond motifs is 1. The third kappa shape index (κ3) is 3.44. The number of nitrogens with zero attached hydrogens (tertiary/aromatic N) is 4. The Balaban J connectivity index is 1.67. The Hall–Kier alpha value is -3.90. The third-order valence-corrected chi connectivity index (χ3v) is 4.89. The minimum absolute atomic E-state index is 0.185. The molecule has 3 heterocycles. The van der Waals surface area contributed by atoms with Crippen molar-refractivity contribution in [1.82, 2.24) is 15.0 Å². The Labute approximate surface area is 177 Å². The van der Waals surface area contributed by atoms with E-state index < -0.39 is 0 Å².